The first-order valence-corrected chi connectivity index (χ1v) is 9.76. The Hall–Kier alpha value is -3.24. The van der Waals surface area contributed by atoms with Crippen molar-refractivity contribution in [3.8, 4) is 11.5 Å². The van der Waals surface area contributed by atoms with Crippen LogP contribution < -0.4 is 9.47 Å². The lowest BCUT2D eigenvalue weighted by molar-refractivity contribution is 0.300. The minimum Gasteiger partial charge on any atom is -0.497 e. The molecular formula is C24H21ClN2O2. The normalized spacial score (nSPS) is 11.2. The Morgan fingerprint density at radius 1 is 0.897 bits per heavy atom. The molecule has 4 aromatic rings. The van der Waals surface area contributed by atoms with Crippen LogP contribution in [-0.2, 0) is 6.54 Å². The zero-order valence-corrected chi connectivity index (χ0v) is 16.8. The minimum atomic E-state index is 0.533. The van der Waals surface area contributed by atoms with E-state index >= 15 is 0 Å². The van der Waals surface area contributed by atoms with Gasteiger partial charge in [0, 0.05) is 5.02 Å². The Morgan fingerprint density at radius 3 is 2.38 bits per heavy atom. The van der Waals surface area contributed by atoms with Crippen LogP contribution in [0.15, 0.2) is 72.8 Å². The fourth-order valence-corrected chi connectivity index (χ4v) is 3.25. The van der Waals surface area contributed by atoms with Crippen LogP contribution in [0.1, 0.15) is 11.4 Å². The van der Waals surface area contributed by atoms with Gasteiger partial charge in [-0.15, -0.1) is 0 Å². The molecule has 0 aliphatic rings. The topological polar surface area (TPSA) is 36.3 Å². The van der Waals surface area contributed by atoms with Crippen LogP contribution in [-0.4, -0.2) is 23.3 Å². The summed E-state index contributed by atoms with van der Waals surface area (Å²) in [5, 5.41) is 0.698. The number of methoxy groups -OCH3 is 1. The van der Waals surface area contributed by atoms with Crippen molar-refractivity contribution in [2.24, 2.45) is 0 Å². The number of hydrogen-bond donors (Lipinski definition) is 0. The van der Waals surface area contributed by atoms with Gasteiger partial charge in [0.05, 0.1) is 24.7 Å². The molecule has 0 unspecified atom stereocenters. The molecule has 1 aromatic heterocycles. The third-order valence-electron chi connectivity index (χ3n) is 4.62. The summed E-state index contributed by atoms with van der Waals surface area (Å²) in [6.45, 7) is 1.22. The van der Waals surface area contributed by atoms with Crippen LogP contribution in [0.2, 0.25) is 5.02 Å². The first-order chi connectivity index (χ1) is 14.2. The highest BCUT2D eigenvalue weighted by atomic mass is 35.5. The molecule has 29 heavy (non-hydrogen) atoms. The zero-order chi connectivity index (χ0) is 20.1. The maximum Gasteiger partial charge on any atom is 0.133 e. The van der Waals surface area contributed by atoms with E-state index < -0.39 is 0 Å². The Bertz CT molecular complexity index is 1120. The van der Waals surface area contributed by atoms with Crippen LogP contribution in [0, 0.1) is 0 Å². The molecule has 0 bridgehead atoms. The Morgan fingerprint density at radius 2 is 1.62 bits per heavy atom. The molecule has 0 amide bonds. The Kier molecular flexibility index (Phi) is 5.82. The van der Waals surface area contributed by atoms with Gasteiger partial charge in [-0.25, -0.2) is 4.98 Å². The van der Waals surface area contributed by atoms with E-state index in [-0.39, 0.29) is 0 Å². The first kappa shape index (κ1) is 19.1. The largest absolute Gasteiger partial charge is 0.497 e. The lowest BCUT2D eigenvalue weighted by atomic mass is 10.2. The monoisotopic (exact) mass is 404 g/mol. The molecule has 3 aromatic carbocycles. The summed E-state index contributed by atoms with van der Waals surface area (Å²) in [7, 11) is 1.67. The van der Waals surface area contributed by atoms with E-state index in [4.69, 9.17) is 26.1 Å². The lowest BCUT2D eigenvalue weighted by Gasteiger charge is -2.09. The number of nitrogens with zero attached hydrogens (tertiary/aromatic N) is 2. The number of rotatable bonds is 7. The summed E-state index contributed by atoms with van der Waals surface area (Å²) in [5.41, 5.74) is 3.14. The van der Waals surface area contributed by atoms with E-state index in [1.807, 2.05) is 72.8 Å². The number of halogens is 1. The van der Waals surface area contributed by atoms with Gasteiger partial charge in [0.15, 0.2) is 0 Å². The Labute approximate surface area is 175 Å². The zero-order valence-electron chi connectivity index (χ0n) is 16.1. The molecule has 0 fully saturated rings. The van der Waals surface area contributed by atoms with E-state index in [0.29, 0.717) is 18.2 Å². The molecule has 0 saturated heterocycles. The van der Waals surface area contributed by atoms with Crippen molar-refractivity contribution in [1.29, 1.82) is 0 Å². The van der Waals surface area contributed by atoms with Gasteiger partial charge in [0.25, 0.3) is 0 Å². The van der Waals surface area contributed by atoms with Gasteiger partial charge in [-0.05, 0) is 60.2 Å². The molecule has 0 aliphatic heterocycles. The molecule has 1 heterocycles. The average molecular weight is 405 g/mol. The van der Waals surface area contributed by atoms with Gasteiger partial charge in [-0.1, -0.05) is 41.9 Å². The van der Waals surface area contributed by atoms with Gasteiger partial charge >= 0.3 is 0 Å². The van der Waals surface area contributed by atoms with Gasteiger partial charge in [0.2, 0.25) is 0 Å². The molecule has 0 spiro atoms. The second-order valence-corrected chi connectivity index (χ2v) is 6.96. The van der Waals surface area contributed by atoms with E-state index in [0.717, 1.165) is 33.9 Å². The van der Waals surface area contributed by atoms with E-state index in [1.165, 1.54) is 0 Å². The van der Waals surface area contributed by atoms with Crippen molar-refractivity contribution < 1.29 is 9.47 Å². The molecule has 5 heteroatoms. The maximum atomic E-state index is 5.93. The first-order valence-electron chi connectivity index (χ1n) is 9.39. The van der Waals surface area contributed by atoms with Gasteiger partial charge in [-0.3, -0.25) is 0 Å². The van der Waals surface area contributed by atoms with Crippen LogP contribution >= 0.6 is 11.6 Å². The molecule has 4 rings (SSSR count). The number of fused-ring (bicyclic) bond motifs is 1. The van der Waals surface area contributed by atoms with Crippen molar-refractivity contribution in [1.82, 2.24) is 9.55 Å². The second-order valence-electron chi connectivity index (χ2n) is 6.52. The maximum absolute atomic E-state index is 5.93. The van der Waals surface area contributed by atoms with Crippen LogP contribution in [0.25, 0.3) is 23.2 Å². The molecule has 4 nitrogen and oxygen atoms in total. The van der Waals surface area contributed by atoms with Crippen LogP contribution in [0.5, 0.6) is 11.5 Å². The molecule has 146 valence electrons. The Balaban J connectivity index is 1.54. The summed E-state index contributed by atoms with van der Waals surface area (Å²) < 4.78 is 13.3. The van der Waals surface area contributed by atoms with Crippen molar-refractivity contribution in [2.75, 3.05) is 13.7 Å². The highest BCUT2D eigenvalue weighted by Crippen LogP contribution is 2.20. The summed E-state index contributed by atoms with van der Waals surface area (Å²) in [4.78, 5) is 4.78. The van der Waals surface area contributed by atoms with Crippen molar-refractivity contribution in [2.45, 2.75) is 6.54 Å². The van der Waals surface area contributed by atoms with E-state index in [9.17, 15) is 0 Å². The molecule has 0 N–H and O–H groups in total. The molecular weight excluding hydrogens is 384 g/mol. The van der Waals surface area contributed by atoms with Gasteiger partial charge < -0.3 is 14.0 Å². The molecule has 0 atom stereocenters. The third-order valence-corrected chi connectivity index (χ3v) is 4.87. The minimum absolute atomic E-state index is 0.533. The number of para-hydroxylation sites is 2. The number of ether oxygens (including phenoxy) is 2. The summed E-state index contributed by atoms with van der Waals surface area (Å²) >= 11 is 5.93. The fourth-order valence-electron chi connectivity index (χ4n) is 3.13. The van der Waals surface area contributed by atoms with Crippen molar-refractivity contribution in [3.05, 3.63) is 89.2 Å². The smallest absolute Gasteiger partial charge is 0.133 e. The number of aromatic nitrogens is 2. The number of imidazole rings is 1. The highest BCUT2D eigenvalue weighted by molar-refractivity contribution is 6.30. The number of hydrogen-bond acceptors (Lipinski definition) is 3. The lowest BCUT2D eigenvalue weighted by Crippen LogP contribution is -2.09. The van der Waals surface area contributed by atoms with Crippen LogP contribution in [0.4, 0.5) is 0 Å². The predicted octanol–water partition coefficient (Wildman–Crippen LogP) is 5.95. The molecule has 0 saturated carbocycles. The molecule has 0 aliphatic carbocycles. The summed E-state index contributed by atoms with van der Waals surface area (Å²) in [6, 6.07) is 23.5. The number of benzene rings is 3. The quantitative estimate of drug-likeness (QED) is 0.382. The second kappa shape index (κ2) is 8.84. The highest BCUT2D eigenvalue weighted by Gasteiger charge is 2.08. The predicted molar refractivity (Wildman–Crippen MR) is 119 cm³/mol. The van der Waals surface area contributed by atoms with Crippen molar-refractivity contribution in [3.63, 3.8) is 0 Å². The van der Waals surface area contributed by atoms with Gasteiger partial charge in [-0.2, -0.15) is 0 Å². The SMILES string of the molecule is COc1ccc(C=Cc2nc3ccccc3n2CCOc2ccc(Cl)cc2)cc1. The molecule has 0 radical (unpaired) electrons. The summed E-state index contributed by atoms with van der Waals surface area (Å²) in [6.07, 6.45) is 4.08. The van der Waals surface area contributed by atoms with Crippen molar-refractivity contribution >= 4 is 34.8 Å². The fraction of sp³-hybridized carbons (Fsp3) is 0.125. The van der Waals surface area contributed by atoms with E-state index in [1.54, 1.807) is 7.11 Å². The standard InChI is InChI=1S/C24H21ClN2O2/c1-28-20-11-6-18(7-12-20)8-15-24-26-22-4-2-3-5-23(22)27(24)16-17-29-21-13-9-19(25)10-14-21/h2-15H,16-17H2,1H3. The van der Waals surface area contributed by atoms with E-state index in [2.05, 4.69) is 16.7 Å². The van der Waals surface area contributed by atoms with Gasteiger partial charge in [0.1, 0.15) is 23.9 Å². The average Bonchev–Trinajstić information content (AvgIpc) is 3.11. The van der Waals surface area contributed by atoms with Crippen LogP contribution in [0.3, 0.4) is 0 Å². The third kappa shape index (κ3) is 4.61. The summed E-state index contributed by atoms with van der Waals surface area (Å²) in [5.74, 6) is 2.53.